The van der Waals surface area contributed by atoms with Gasteiger partial charge in [0.1, 0.15) is 11.5 Å². The Balaban J connectivity index is 2.02. The molecule has 2 rings (SSSR count). The Morgan fingerprint density at radius 1 is 1.17 bits per heavy atom. The summed E-state index contributed by atoms with van der Waals surface area (Å²) in [6.45, 7) is 2.13. The molecule has 0 N–H and O–H groups in total. The van der Waals surface area contributed by atoms with Crippen molar-refractivity contribution in [3.05, 3.63) is 58.1 Å². The van der Waals surface area contributed by atoms with E-state index in [9.17, 15) is 4.79 Å². The fraction of sp³-hybridized carbons (Fsp3) is 0.278. The first-order valence-electron chi connectivity index (χ1n) is 7.41. The van der Waals surface area contributed by atoms with Gasteiger partial charge in [-0.2, -0.15) is 0 Å². The van der Waals surface area contributed by atoms with E-state index < -0.39 is 6.10 Å². The molecular weight excluding hydrogens is 349 g/mol. The van der Waals surface area contributed by atoms with E-state index in [2.05, 4.69) is 0 Å². The van der Waals surface area contributed by atoms with E-state index in [0.29, 0.717) is 22.3 Å². The van der Waals surface area contributed by atoms with Crippen molar-refractivity contribution in [1.82, 2.24) is 4.90 Å². The lowest BCUT2D eigenvalue weighted by molar-refractivity contribution is -0.137. The van der Waals surface area contributed by atoms with Crippen LogP contribution in [0.1, 0.15) is 12.5 Å². The third-order valence-corrected chi connectivity index (χ3v) is 4.27. The number of likely N-dealkylation sites (N-methyl/N-ethyl adjacent to an activating group) is 1. The summed E-state index contributed by atoms with van der Waals surface area (Å²) < 4.78 is 11.0. The summed E-state index contributed by atoms with van der Waals surface area (Å²) in [7, 11) is 3.33. The minimum Gasteiger partial charge on any atom is -0.496 e. The van der Waals surface area contributed by atoms with Crippen LogP contribution in [0, 0.1) is 0 Å². The van der Waals surface area contributed by atoms with Crippen LogP contribution in [0.3, 0.4) is 0 Å². The van der Waals surface area contributed by atoms with Crippen LogP contribution in [0.5, 0.6) is 11.5 Å². The lowest BCUT2D eigenvalue weighted by Crippen LogP contribution is -2.37. The molecule has 2 aromatic rings. The van der Waals surface area contributed by atoms with Crippen LogP contribution < -0.4 is 9.47 Å². The number of carbonyl (C=O) groups excluding carboxylic acids is 1. The normalized spacial score (nSPS) is 11.7. The highest BCUT2D eigenvalue weighted by atomic mass is 35.5. The third kappa shape index (κ3) is 4.56. The lowest BCUT2D eigenvalue weighted by Gasteiger charge is -2.23. The van der Waals surface area contributed by atoms with Gasteiger partial charge in [-0.25, -0.2) is 0 Å². The van der Waals surface area contributed by atoms with E-state index in [1.165, 1.54) is 0 Å². The highest BCUT2D eigenvalue weighted by Crippen LogP contribution is 2.27. The molecule has 128 valence electrons. The predicted molar refractivity (Wildman–Crippen MR) is 96.0 cm³/mol. The van der Waals surface area contributed by atoms with Crippen LogP contribution in [0.4, 0.5) is 0 Å². The minimum absolute atomic E-state index is 0.146. The second-order valence-electron chi connectivity index (χ2n) is 5.34. The Morgan fingerprint density at radius 2 is 1.88 bits per heavy atom. The second-order valence-corrected chi connectivity index (χ2v) is 6.16. The van der Waals surface area contributed by atoms with Crippen molar-refractivity contribution in [3.63, 3.8) is 0 Å². The summed E-state index contributed by atoms with van der Waals surface area (Å²) in [4.78, 5) is 14.1. The van der Waals surface area contributed by atoms with Gasteiger partial charge in [0.2, 0.25) is 0 Å². The molecule has 4 nitrogen and oxygen atoms in total. The molecule has 0 aliphatic carbocycles. The molecule has 1 amide bonds. The number of methoxy groups -OCH3 is 1. The average Bonchev–Trinajstić information content (AvgIpc) is 2.57. The topological polar surface area (TPSA) is 38.8 Å². The van der Waals surface area contributed by atoms with Crippen LogP contribution in [0.2, 0.25) is 10.0 Å². The van der Waals surface area contributed by atoms with E-state index >= 15 is 0 Å². The van der Waals surface area contributed by atoms with Gasteiger partial charge in [-0.05, 0) is 25.1 Å². The van der Waals surface area contributed by atoms with Gasteiger partial charge >= 0.3 is 0 Å². The molecule has 0 aliphatic heterocycles. The van der Waals surface area contributed by atoms with Crippen molar-refractivity contribution in [2.75, 3.05) is 14.2 Å². The van der Waals surface area contributed by atoms with Crippen molar-refractivity contribution >= 4 is 29.1 Å². The van der Waals surface area contributed by atoms with Crippen molar-refractivity contribution in [2.45, 2.75) is 19.6 Å². The van der Waals surface area contributed by atoms with Gasteiger partial charge in [-0.3, -0.25) is 4.79 Å². The Labute approximate surface area is 151 Å². The zero-order valence-electron chi connectivity index (χ0n) is 13.8. The van der Waals surface area contributed by atoms with Gasteiger partial charge in [-0.1, -0.05) is 41.4 Å². The summed E-state index contributed by atoms with van der Waals surface area (Å²) in [6.07, 6.45) is -0.651. The van der Waals surface area contributed by atoms with Gasteiger partial charge in [0.15, 0.2) is 6.10 Å². The standard InChI is InChI=1S/C18H19Cl2NO3/c1-12(24-14-8-9-15(19)16(20)10-14)18(22)21(2)11-13-6-4-5-7-17(13)23-3/h4-10,12H,11H2,1-3H3. The second kappa shape index (κ2) is 8.27. The predicted octanol–water partition coefficient (Wildman–Crippen LogP) is 4.43. The number of amides is 1. The molecule has 0 bridgehead atoms. The molecule has 2 aromatic carbocycles. The molecule has 0 spiro atoms. The van der Waals surface area contributed by atoms with E-state index in [0.717, 1.165) is 11.3 Å². The number of nitrogens with zero attached hydrogens (tertiary/aromatic N) is 1. The van der Waals surface area contributed by atoms with E-state index in [-0.39, 0.29) is 5.91 Å². The monoisotopic (exact) mass is 367 g/mol. The number of hydrogen-bond acceptors (Lipinski definition) is 3. The van der Waals surface area contributed by atoms with Crippen LogP contribution in [-0.2, 0) is 11.3 Å². The highest BCUT2D eigenvalue weighted by Gasteiger charge is 2.20. The molecule has 0 aromatic heterocycles. The zero-order chi connectivity index (χ0) is 17.7. The number of carbonyl (C=O) groups is 1. The quantitative estimate of drug-likeness (QED) is 0.757. The van der Waals surface area contributed by atoms with Crippen LogP contribution in [0.15, 0.2) is 42.5 Å². The molecule has 0 aliphatic rings. The number of ether oxygens (including phenoxy) is 2. The number of rotatable bonds is 6. The summed E-state index contributed by atoms with van der Waals surface area (Å²) in [5, 5.41) is 0.826. The van der Waals surface area contributed by atoms with Crippen LogP contribution in [0.25, 0.3) is 0 Å². The van der Waals surface area contributed by atoms with Gasteiger partial charge in [0.25, 0.3) is 5.91 Å². The van der Waals surface area contributed by atoms with Gasteiger partial charge < -0.3 is 14.4 Å². The molecule has 0 saturated heterocycles. The van der Waals surface area contributed by atoms with E-state index in [1.807, 2.05) is 24.3 Å². The first-order valence-corrected chi connectivity index (χ1v) is 8.16. The summed E-state index contributed by atoms with van der Waals surface area (Å²) >= 11 is 11.8. The highest BCUT2D eigenvalue weighted by molar-refractivity contribution is 6.42. The number of para-hydroxylation sites is 1. The molecule has 0 heterocycles. The Morgan fingerprint density at radius 3 is 2.54 bits per heavy atom. The van der Waals surface area contributed by atoms with Crippen molar-refractivity contribution in [3.8, 4) is 11.5 Å². The molecule has 6 heteroatoms. The summed E-state index contributed by atoms with van der Waals surface area (Å²) in [5.74, 6) is 1.10. The molecule has 0 radical (unpaired) electrons. The molecule has 0 saturated carbocycles. The molecule has 1 atom stereocenters. The fourth-order valence-corrected chi connectivity index (χ4v) is 2.57. The van der Waals surface area contributed by atoms with Gasteiger partial charge in [-0.15, -0.1) is 0 Å². The maximum Gasteiger partial charge on any atom is 0.263 e. The number of hydrogen-bond donors (Lipinski definition) is 0. The first kappa shape index (κ1) is 18.4. The Kier molecular flexibility index (Phi) is 6.35. The summed E-state index contributed by atoms with van der Waals surface area (Å²) in [6, 6.07) is 12.5. The molecule has 24 heavy (non-hydrogen) atoms. The van der Waals surface area contributed by atoms with Crippen molar-refractivity contribution < 1.29 is 14.3 Å². The molecular formula is C18H19Cl2NO3. The maximum absolute atomic E-state index is 12.5. The number of benzene rings is 2. The third-order valence-electron chi connectivity index (χ3n) is 3.53. The minimum atomic E-state index is -0.651. The Hall–Kier alpha value is -1.91. The lowest BCUT2D eigenvalue weighted by atomic mass is 10.2. The van der Waals surface area contributed by atoms with E-state index in [4.69, 9.17) is 32.7 Å². The summed E-state index contributed by atoms with van der Waals surface area (Å²) in [5.41, 5.74) is 0.928. The van der Waals surface area contributed by atoms with Crippen molar-refractivity contribution in [1.29, 1.82) is 0 Å². The van der Waals surface area contributed by atoms with Gasteiger partial charge in [0, 0.05) is 25.2 Å². The van der Waals surface area contributed by atoms with Crippen LogP contribution >= 0.6 is 23.2 Å². The van der Waals surface area contributed by atoms with E-state index in [1.54, 1.807) is 44.2 Å². The zero-order valence-corrected chi connectivity index (χ0v) is 15.3. The molecule has 0 fully saturated rings. The smallest absolute Gasteiger partial charge is 0.263 e. The van der Waals surface area contributed by atoms with Gasteiger partial charge in [0.05, 0.1) is 17.2 Å². The maximum atomic E-state index is 12.5. The fourth-order valence-electron chi connectivity index (χ4n) is 2.28. The van der Waals surface area contributed by atoms with Crippen molar-refractivity contribution in [2.24, 2.45) is 0 Å². The Bertz CT molecular complexity index is 721. The average molecular weight is 368 g/mol. The van der Waals surface area contributed by atoms with Crippen LogP contribution in [-0.4, -0.2) is 31.1 Å². The molecule has 1 unspecified atom stereocenters. The SMILES string of the molecule is COc1ccccc1CN(C)C(=O)C(C)Oc1ccc(Cl)c(Cl)c1. The largest absolute Gasteiger partial charge is 0.496 e. The first-order chi connectivity index (χ1) is 11.4. The number of halogens is 2.